The maximum absolute atomic E-state index is 13.2. The molecule has 0 spiro atoms. The van der Waals surface area contributed by atoms with Crippen LogP contribution in [0.2, 0.25) is 5.02 Å². The number of hydrogen-bond acceptors (Lipinski definition) is 15. The Hall–Kier alpha value is -7.29. The monoisotopic (exact) mass is 1430 g/mol. The SMILES string of the molecule is Brc1cccc(N2CCCCC2)c1.CCOC(=O)C(=O)c1cccc(N2CCCCC2)c1.Nc1cccc(Br)c1.O=C(N[C@H](CN1CCCC1)[C@H](O)c1ccc(OC2CC2)c(Cl)c1)C(=O)c1cccc(N2CCCCC2)c1.O=C(O)C(=O)c1cccc(N2CCCCC2)c1. The number of piperidine rings is 4. The summed E-state index contributed by atoms with van der Waals surface area (Å²) in [4.78, 5) is 83.0. The van der Waals surface area contributed by atoms with Crippen molar-refractivity contribution in [3.8, 4) is 5.75 Å². The van der Waals surface area contributed by atoms with Crippen LogP contribution in [0, 0.1) is 0 Å². The molecule has 17 nitrogen and oxygen atoms in total. The molecule has 2 atom stereocenters. The molecule has 5 heterocycles. The highest BCUT2D eigenvalue weighted by atomic mass is 79.9. The van der Waals surface area contributed by atoms with E-state index in [0.29, 0.717) is 34.0 Å². The summed E-state index contributed by atoms with van der Waals surface area (Å²) in [5.74, 6) is -4.30. The van der Waals surface area contributed by atoms with Gasteiger partial charge in [0.05, 0.1) is 23.8 Å². The zero-order chi connectivity index (χ0) is 66.8. The number of nitrogen functional groups attached to an aromatic ring is 1. The fourth-order valence-corrected chi connectivity index (χ4v) is 13.0. The van der Waals surface area contributed by atoms with Crippen molar-refractivity contribution in [2.45, 2.75) is 128 Å². The number of anilines is 5. The third-order valence-corrected chi connectivity index (χ3v) is 18.5. The van der Waals surface area contributed by atoms with Crippen LogP contribution < -0.4 is 35.4 Å². The molecule has 502 valence electrons. The number of esters is 1. The van der Waals surface area contributed by atoms with Gasteiger partial charge in [0.15, 0.2) is 0 Å². The van der Waals surface area contributed by atoms with Gasteiger partial charge in [-0.1, -0.05) is 98.1 Å². The molecule has 12 rings (SSSR count). The number of carboxylic acid groups (broad SMARTS) is 1. The first-order valence-electron chi connectivity index (χ1n) is 33.3. The van der Waals surface area contributed by atoms with Gasteiger partial charge in [-0.05, 0) is 213 Å². The third-order valence-electron chi connectivity index (χ3n) is 17.2. The number of amides is 1. The average Bonchev–Trinajstić information content (AvgIpc) is 1.32. The molecule has 6 aromatic rings. The van der Waals surface area contributed by atoms with Gasteiger partial charge in [-0.25, -0.2) is 9.59 Å². The van der Waals surface area contributed by atoms with Gasteiger partial charge in [0, 0.05) is 113 Å². The number of nitrogens with two attached hydrogens (primary N) is 1. The van der Waals surface area contributed by atoms with Gasteiger partial charge in [-0.15, -0.1) is 0 Å². The van der Waals surface area contributed by atoms with E-state index in [2.05, 4.69) is 85.9 Å². The lowest BCUT2D eigenvalue weighted by Gasteiger charge is -2.29. The first-order valence-corrected chi connectivity index (χ1v) is 35.3. The second-order valence-electron chi connectivity index (χ2n) is 24.4. The number of benzene rings is 6. The number of carboxylic acids is 1. The van der Waals surface area contributed by atoms with Crippen LogP contribution >= 0.6 is 43.5 Å². The molecular formula is C74H90Br2ClN7O10. The number of aliphatic hydroxyl groups is 1. The van der Waals surface area contributed by atoms with Crippen molar-refractivity contribution in [3.63, 3.8) is 0 Å². The number of carbonyl (C=O) groups is 6. The van der Waals surface area contributed by atoms with Gasteiger partial charge in [0.2, 0.25) is 5.78 Å². The first kappa shape index (κ1) is 72.5. The zero-order valence-electron chi connectivity index (χ0n) is 53.9. The summed E-state index contributed by atoms with van der Waals surface area (Å²) in [5, 5.41) is 23.3. The number of nitrogens with one attached hydrogen (secondary N) is 1. The zero-order valence-corrected chi connectivity index (χ0v) is 57.8. The molecule has 0 bridgehead atoms. The van der Waals surface area contributed by atoms with Crippen LogP contribution in [0.25, 0.3) is 0 Å². The van der Waals surface area contributed by atoms with Crippen LogP contribution in [0.4, 0.5) is 28.4 Å². The Morgan fingerprint density at radius 3 is 1.35 bits per heavy atom. The summed E-state index contributed by atoms with van der Waals surface area (Å²) in [5.41, 5.74) is 12.1. The highest BCUT2D eigenvalue weighted by Gasteiger charge is 2.31. The molecule has 5 N–H and O–H groups in total. The van der Waals surface area contributed by atoms with Crippen molar-refractivity contribution in [1.82, 2.24) is 10.2 Å². The number of aliphatic carboxylic acids is 1. The summed E-state index contributed by atoms with van der Waals surface area (Å²) in [6, 6.07) is 42.1. The Labute approximate surface area is 575 Å². The Morgan fingerprint density at radius 1 is 0.532 bits per heavy atom. The third kappa shape index (κ3) is 23.0. The quantitative estimate of drug-likeness (QED) is 0.0272. The highest BCUT2D eigenvalue weighted by molar-refractivity contribution is 9.10. The number of nitrogens with zero attached hydrogens (tertiary/aromatic N) is 5. The molecule has 6 aromatic carbocycles. The van der Waals surface area contributed by atoms with E-state index in [9.17, 15) is 33.9 Å². The van der Waals surface area contributed by atoms with Gasteiger partial charge in [0.25, 0.3) is 17.5 Å². The minimum absolute atomic E-state index is 0.218. The lowest BCUT2D eigenvalue weighted by Crippen LogP contribution is -2.48. The number of ether oxygens (including phenoxy) is 2. The molecular weight excluding hydrogens is 1340 g/mol. The molecule has 1 aliphatic carbocycles. The Morgan fingerprint density at radius 2 is 0.947 bits per heavy atom. The van der Waals surface area contributed by atoms with Gasteiger partial charge >= 0.3 is 11.9 Å². The lowest BCUT2D eigenvalue weighted by molar-refractivity contribution is -0.137. The fourth-order valence-electron chi connectivity index (χ4n) is 12.0. The molecule has 5 aliphatic heterocycles. The van der Waals surface area contributed by atoms with Gasteiger partial charge in [0.1, 0.15) is 11.9 Å². The normalized spacial score (nSPS) is 16.9. The minimum atomic E-state index is -1.40. The Balaban J connectivity index is 0.000000167. The molecule has 5 saturated heterocycles. The smallest absolute Gasteiger partial charge is 0.379 e. The number of Topliss-reactive ketones (excluding diaryl/α,β-unsaturated/α-hetero) is 3. The number of carbonyl (C=O) groups excluding carboxylic acids is 5. The predicted molar refractivity (Wildman–Crippen MR) is 381 cm³/mol. The van der Waals surface area contributed by atoms with Crippen molar-refractivity contribution >= 4 is 107 Å². The Kier molecular flexibility index (Phi) is 29.1. The van der Waals surface area contributed by atoms with Crippen molar-refractivity contribution in [2.24, 2.45) is 0 Å². The molecule has 1 saturated carbocycles. The molecule has 0 radical (unpaired) electrons. The molecule has 0 unspecified atom stereocenters. The summed E-state index contributed by atoms with van der Waals surface area (Å²) < 4.78 is 12.8. The number of aliphatic hydroxyl groups excluding tert-OH is 1. The van der Waals surface area contributed by atoms with Crippen LogP contribution in [0.5, 0.6) is 5.75 Å². The standard InChI is InChI=1S/C29H36ClN3O4.C15H19NO3.C13H15NO3.C11H14BrN.C6H6BrN/c30-24-18-21(9-12-26(24)37-23-10-11-23)27(34)25(19-32-13-4-5-14-32)31-29(36)28(35)20-7-6-8-22(17-20)33-15-2-1-3-16-33;1-2-19-15(18)14(17)12-7-6-8-13(11-12)16-9-4-3-5-10-16;15-12(13(16)17)10-5-4-6-11(9-10)14-7-2-1-3-8-14;12-10-5-4-6-11(9-10)13-7-2-1-3-8-13;7-5-2-1-3-6(8)4-5/h6-9,12,17-18,23,25,27,34H,1-5,10-11,13-16,19H2,(H,31,36);6-8,11H,2-5,9-10H2,1H3;4-6,9H,1-3,7-8H2,(H,16,17);4-6,9H,1-3,7-8H2;1-4H,8H2/t25-,27-;;;;/m1..../s1. The number of rotatable bonds is 18. The van der Waals surface area contributed by atoms with Crippen LogP contribution in [-0.4, -0.2) is 141 Å². The Bertz CT molecular complexity index is 3430. The largest absolute Gasteiger partial charge is 0.489 e. The molecule has 6 fully saturated rings. The molecule has 94 heavy (non-hydrogen) atoms. The lowest BCUT2D eigenvalue weighted by atomic mass is 10.0. The molecule has 1 amide bonds. The molecule has 0 aromatic heterocycles. The van der Waals surface area contributed by atoms with Crippen LogP contribution in [-0.2, 0) is 19.1 Å². The second-order valence-corrected chi connectivity index (χ2v) is 26.7. The van der Waals surface area contributed by atoms with Crippen molar-refractivity contribution in [3.05, 3.63) is 176 Å². The predicted octanol–water partition coefficient (Wildman–Crippen LogP) is 14.2. The second kappa shape index (κ2) is 37.7. The number of hydrogen-bond donors (Lipinski definition) is 4. The molecule has 6 aliphatic rings. The first-order chi connectivity index (χ1) is 45.5. The minimum Gasteiger partial charge on any atom is -0.489 e. The van der Waals surface area contributed by atoms with E-state index in [4.69, 9.17) is 31.9 Å². The summed E-state index contributed by atoms with van der Waals surface area (Å²) >= 11 is 13.2. The van der Waals surface area contributed by atoms with Gasteiger partial charge in [-0.2, -0.15) is 0 Å². The maximum Gasteiger partial charge on any atom is 0.379 e. The summed E-state index contributed by atoms with van der Waals surface area (Å²) in [6.45, 7) is 12.5. The van der Waals surface area contributed by atoms with E-state index in [1.165, 1.54) is 74.6 Å². The van der Waals surface area contributed by atoms with Crippen molar-refractivity contribution < 1.29 is 48.5 Å². The van der Waals surface area contributed by atoms with E-state index in [0.717, 1.165) is 131 Å². The van der Waals surface area contributed by atoms with E-state index in [-0.39, 0.29) is 18.3 Å². The molecule has 20 heteroatoms. The average molecular weight is 1430 g/mol. The van der Waals surface area contributed by atoms with Crippen molar-refractivity contribution in [1.29, 1.82) is 0 Å². The van der Waals surface area contributed by atoms with E-state index < -0.39 is 47.3 Å². The van der Waals surface area contributed by atoms with Crippen molar-refractivity contribution in [2.75, 3.05) is 104 Å². The van der Waals surface area contributed by atoms with E-state index in [1.54, 1.807) is 67.6 Å². The van der Waals surface area contributed by atoms with Crippen LogP contribution in [0.1, 0.15) is 152 Å². The van der Waals surface area contributed by atoms with Gasteiger partial charge in [-0.3, -0.25) is 19.2 Å². The summed E-state index contributed by atoms with van der Waals surface area (Å²) in [7, 11) is 0. The maximum atomic E-state index is 13.2. The van der Waals surface area contributed by atoms with Gasteiger partial charge < -0.3 is 55.2 Å². The van der Waals surface area contributed by atoms with Crippen LogP contribution in [0.15, 0.2) is 148 Å². The topological polar surface area (TPSA) is 216 Å². The van der Waals surface area contributed by atoms with E-state index >= 15 is 0 Å². The summed E-state index contributed by atoms with van der Waals surface area (Å²) in [6.07, 6.45) is 18.1. The fraction of sp³-hybridized carbons (Fsp3) is 0.432. The number of ketones is 3. The van der Waals surface area contributed by atoms with E-state index in [1.807, 2.05) is 54.6 Å². The highest BCUT2D eigenvalue weighted by Crippen LogP contribution is 2.35. The number of likely N-dealkylation sites (tertiary alicyclic amines) is 1. The van der Waals surface area contributed by atoms with Crippen LogP contribution in [0.3, 0.4) is 0 Å². The number of halogens is 3.